The molecule has 1 aliphatic rings. The topological polar surface area (TPSA) is 18.5 Å². The molecule has 0 bridgehead atoms. The van der Waals surface area contributed by atoms with E-state index in [4.69, 9.17) is 6.64 Å². The molecule has 0 amide bonds. The van der Waals surface area contributed by atoms with E-state index in [2.05, 4.69) is 45.9 Å². The van der Waals surface area contributed by atoms with Crippen LogP contribution in [0.1, 0.15) is 34.1 Å². The van der Waals surface area contributed by atoms with Crippen LogP contribution in [0.2, 0.25) is 0 Å². The van der Waals surface area contributed by atoms with Crippen molar-refractivity contribution in [1.29, 1.82) is 0 Å². The van der Waals surface area contributed by atoms with Crippen LogP contribution in [-0.4, -0.2) is 12.2 Å². The van der Waals surface area contributed by atoms with E-state index in [1.807, 2.05) is 0 Å². The van der Waals surface area contributed by atoms with Crippen LogP contribution in [0, 0.1) is 0 Å². The van der Waals surface area contributed by atoms with Crippen LogP contribution in [-0.2, 0) is 25.3 Å². The van der Waals surface area contributed by atoms with Gasteiger partial charge in [-0.25, -0.2) is 0 Å². The maximum absolute atomic E-state index is 5.88. The van der Waals surface area contributed by atoms with Gasteiger partial charge in [0.05, 0.1) is 0 Å². The summed E-state index contributed by atoms with van der Waals surface area (Å²) in [7, 11) is 0. The van der Waals surface area contributed by atoms with Crippen LogP contribution in [0.15, 0.2) is 22.1 Å². The van der Waals surface area contributed by atoms with E-state index in [0.717, 1.165) is 6.42 Å². The molecule has 0 atom stereocenters. The third-order valence-corrected chi connectivity index (χ3v) is 5.26. The molecule has 0 heterocycles. The number of hydrogen-bond donors (Lipinski definition) is 0. The van der Waals surface area contributed by atoms with Crippen molar-refractivity contribution in [2.75, 3.05) is 0 Å². The molecule has 0 unspecified atom stereocenters. The number of allylic oxidation sites excluding steroid dienone is 4. The van der Waals surface area contributed by atoms with E-state index < -0.39 is 18.6 Å². The Labute approximate surface area is 93.8 Å². The normalized spacial score (nSPS) is 15.4. The van der Waals surface area contributed by atoms with E-state index >= 15 is 0 Å². The molecule has 2 nitrogen and oxygen atoms in total. The van der Waals surface area contributed by atoms with Gasteiger partial charge < -0.3 is 0 Å². The van der Waals surface area contributed by atoms with Crippen molar-refractivity contribution >= 4 is 0 Å². The molecule has 0 aliphatic heterocycles. The van der Waals surface area contributed by atoms with E-state index in [9.17, 15) is 0 Å². The Bertz CT molecular complexity index is 221. The molecule has 0 fully saturated rings. The van der Waals surface area contributed by atoms with Gasteiger partial charge in [-0.1, -0.05) is 0 Å². The Morgan fingerprint density at radius 1 is 1.14 bits per heavy atom. The van der Waals surface area contributed by atoms with Crippen LogP contribution < -0.4 is 0 Å². The predicted octanol–water partition coefficient (Wildman–Crippen LogP) is 3.13. The summed E-state index contributed by atoms with van der Waals surface area (Å²) in [6, 6.07) is 0. The molecule has 0 saturated carbocycles. The molecule has 0 aromatic rings. The first-order chi connectivity index (χ1) is 6.59. The Morgan fingerprint density at radius 2 is 1.71 bits per heavy atom. The first-order valence-electron chi connectivity index (χ1n) is 5.16. The minimum absolute atomic E-state index is 0.269. The zero-order valence-electron chi connectivity index (χ0n) is 9.41. The molecule has 14 heavy (non-hydrogen) atoms. The van der Waals surface area contributed by atoms with Crippen LogP contribution in [0.25, 0.3) is 0 Å². The second kappa shape index (κ2) is 5.87. The fourth-order valence-corrected chi connectivity index (χ4v) is 3.91. The summed E-state index contributed by atoms with van der Waals surface area (Å²) >= 11 is -1.89. The summed E-state index contributed by atoms with van der Waals surface area (Å²) in [5, 5.41) is 0. The SMILES string of the molecule is CC(C)[O][Ti]([O]C(C)C)[C]1=CC=CC1. The van der Waals surface area contributed by atoms with Crippen molar-refractivity contribution < 1.29 is 25.3 Å². The third kappa shape index (κ3) is 4.10. The van der Waals surface area contributed by atoms with Crippen LogP contribution in [0.3, 0.4) is 0 Å². The van der Waals surface area contributed by atoms with E-state index in [1.54, 1.807) is 0 Å². The fourth-order valence-electron chi connectivity index (χ4n) is 1.21. The van der Waals surface area contributed by atoms with Crippen molar-refractivity contribution in [3.63, 3.8) is 0 Å². The van der Waals surface area contributed by atoms with Gasteiger partial charge in [-0.15, -0.1) is 0 Å². The van der Waals surface area contributed by atoms with Gasteiger partial charge in [-0.3, -0.25) is 0 Å². The molecular formula is C11H19O2Ti. The summed E-state index contributed by atoms with van der Waals surface area (Å²) in [5.41, 5.74) is 0. The van der Waals surface area contributed by atoms with E-state index in [1.165, 1.54) is 3.88 Å². The molecule has 79 valence electrons. The summed E-state index contributed by atoms with van der Waals surface area (Å²) in [6.45, 7) is 8.28. The maximum atomic E-state index is 5.88. The van der Waals surface area contributed by atoms with Gasteiger partial charge in [0.25, 0.3) is 0 Å². The summed E-state index contributed by atoms with van der Waals surface area (Å²) in [4.78, 5) is 0. The molecule has 0 N–H and O–H groups in total. The number of rotatable bonds is 5. The molecule has 0 aromatic carbocycles. The van der Waals surface area contributed by atoms with Gasteiger partial charge in [0.15, 0.2) is 0 Å². The zero-order chi connectivity index (χ0) is 10.6. The van der Waals surface area contributed by atoms with Crippen molar-refractivity contribution in [3.05, 3.63) is 22.1 Å². The predicted molar refractivity (Wildman–Crippen MR) is 54.3 cm³/mol. The standard InChI is InChI=1S/C5H5.2C3H7O.Ti/c1-2-4-5-3-1;2*1-3(2)4;/h1-3H,4H2;2*3H,1-2H3;/q;2*-1;+2. The average Bonchev–Trinajstić information content (AvgIpc) is 2.52. The quantitative estimate of drug-likeness (QED) is 0.677. The zero-order valence-corrected chi connectivity index (χ0v) is 11.0. The van der Waals surface area contributed by atoms with Crippen molar-refractivity contribution in [3.8, 4) is 0 Å². The average molecular weight is 231 g/mol. The van der Waals surface area contributed by atoms with Gasteiger partial charge in [0.2, 0.25) is 0 Å². The van der Waals surface area contributed by atoms with E-state index in [-0.39, 0.29) is 12.2 Å². The molecule has 0 spiro atoms. The van der Waals surface area contributed by atoms with Gasteiger partial charge in [-0.2, -0.15) is 0 Å². The molecule has 1 aliphatic carbocycles. The number of hydrogen-bond acceptors (Lipinski definition) is 2. The summed E-state index contributed by atoms with van der Waals surface area (Å²) in [6.07, 6.45) is 7.97. The minimum atomic E-state index is -1.89. The van der Waals surface area contributed by atoms with Crippen molar-refractivity contribution in [2.45, 2.75) is 46.3 Å². The first kappa shape index (κ1) is 12.2. The Hall–Kier alpha value is 0.114. The van der Waals surface area contributed by atoms with Gasteiger partial charge >= 0.3 is 93.7 Å². The van der Waals surface area contributed by atoms with Crippen LogP contribution >= 0.6 is 0 Å². The second-order valence-electron chi connectivity index (χ2n) is 3.94. The molecular weight excluding hydrogens is 212 g/mol. The second-order valence-corrected chi connectivity index (χ2v) is 6.58. The van der Waals surface area contributed by atoms with Gasteiger partial charge in [0, 0.05) is 0 Å². The Balaban J connectivity index is 2.52. The van der Waals surface area contributed by atoms with Crippen molar-refractivity contribution in [2.24, 2.45) is 0 Å². The molecule has 0 saturated heterocycles. The Kier molecular flexibility index (Phi) is 5.11. The first-order valence-corrected chi connectivity index (χ1v) is 7.21. The molecule has 3 heteroatoms. The van der Waals surface area contributed by atoms with Crippen LogP contribution in [0.4, 0.5) is 0 Å². The van der Waals surface area contributed by atoms with E-state index in [0.29, 0.717) is 0 Å². The summed E-state index contributed by atoms with van der Waals surface area (Å²) < 4.78 is 13.1. The third-order valence-electron chi connectivity index (χ3n) is 1.72. The fraction of sp³-hybridized carbons (Fsp3) is 0.636. The van der Waals surface area contributed by atoms with Gasteiger partial charge in [0.1, 0.15) is 0 Å². The monoisotopic (exact) mass is 231 g/mol. The molecule has 1 rings (SSSR count). The van der Waals surface area contributed by atoms with Crippen molar-refractivity contribution in [1.82, 2.24) is 0 Å². The molecule has 0 radical (unpaired) electrons. The molecule has 0 aromatic heterocycles. The van der Waals surface area contributed by atoms with Gasteiger partial charge in [-0.05, 0) is 0 Å². The summed E-state index contributed by atoms with van der Waals surface area (Å²) in [5.74, 6) is 0. The Morgan fingerprint density at radius 3 is 2.07 bits per heavy atom. The van der Waals surface area contributed by atoms with Crippen LogP contribution in [0.5, 0.6) is 0 Å².